The Hall–Kier alpha value is -0.320. The number of nitrogens with two attached hydrogens (primary N) is 1. The number of nitrogens with zero attached hydrogens (tertiary/aromatic N) is 4. The van der Waals surface area contributed by atoms with E-state index in [0.717, 1.165) is 0 Å². The van der Waals surface area contributed by atoms with Crippen molar-refractivity contribution in [3.63, 3.8) is 0 Å². The van der Waals surface area contributed by atoms with Gasteiger partial charge in [-0.25, -0.2) is 28.6 Å². The molecule has 3 rings (SSSR count). The van der Waals surface area contributed by atoms with Gasteiger partial charge >= 0.3 is 23.5 Å². The van der Waals surface area contributed by atoms with Gasteiger partial charge in [0, 0.05) is 36.0 Å². The van der Waals surface area contributed by atoms with Gasteiger partial charge in [-0.15, -0.1) is 0 Å². The number of phosphoric acid groups is 3. The molecular weight excluding hydrogens is 498 g/mol. The number of hydrogen-bond donors (Lipinski definition) is 6. The summed E-state index contributed by atoms with van der Waals surface area (Å²) in [5.74, 6) is 0.126. The molecule has 0 bridgehead atoms. The third-order valence-electron chi connectivity index (χ3n) is 3.72. The second-order valence-corrected chi connectivity index (χ2v) is 10.3. The van der Waals surface area contributed by atoms with Gasteiger partial charge in [0.05, 0.1) is 19.0 Å². The van der Waals surface area contributed by atoms with Gasteiger partial charge in [-0.2, -0.15) is 8.62 Å². The Bertz CT molecular complexity index is 1080. The quantitative estimate of drug-likeness (QED) is 0.183. The monoisotopic (exact) mass is 514 g/mol. The summed E-state index contributed by atoms with van der Waals surface area (Å²) in [6.07, 6.45) is -0.643. The van der Waals surface area contributed by atoms with E-state index in [2.05, 4.69) is 28.1 Å². The van der Waals surface area contributed by atoms with Gasteiger partial charge in [0.15, 0.2) is 11.5 Å². The van der Waals surface area contributed by atoms with Crippen molar-refractivity contribution < 1.29 is 56.3 Å². The van der Waals surface area contributed by atoms with Gasteiger partial charge in [0.2, 0.25) is 0 Å². The Labute approximate surface area is 195 Å². The Balaban J connectivity index is 0.00000341. The van der Waals surface area contributed by atoms with E-state index in [9.17, 15) is 23.7 Å². The van der Waals surface area contributed by atoms with Gasteiger partial charge in [-0.3, -0.25) is 9.09 Å². The maximum Gasteiger partial charge on any atom is 0.490 e. The molecule has 0 aliphatic carbocycles. The molecule has 17 nitrogen and oxygen atoms in total. The van der Waals surface area contributed by atoms with Gasteiger partial charge in [0.25, 0.3) is 0 Å². The molecule has 21 heteroatoms. The topological polar surface area (TPSA) is 259 Å². The first-order valence-electron chi connectivity index (χ1n) is 7.81. The zero-order chi connectivity index (χ0) is 22.3. The van der Waals surface area contributed by atoms with Crippen LogP contribution in [0.3, 0.4) is 0 Å². The van der Waals surface area contributed by atoms with Crippen LogP contribution in [0.4, 0.5) is 5.82 Å². The Kier molecular flexibility index (Phi) is 8.59. The number of rotatable bonds is 8. The van der Waals surface area contributed by atoms with Crippen molar-refractivity contribution in [1.82, 2.24) is 19.5 Å². The molecule has 1 saturated heterocycles. The van der Waals surface area contributed by atoms with E-state index in [1.165, 1.54) is 17.2 Å². The summed E-state index contributed by atoms with van der Waals surface area (Å²) in [4.78, 5) is 47.4. The average molecular weight is 514 g/mol. The molecule has 2 unspecified atom stereocenters. The molecule has 1 radical (unpaired) electrons. The molecule has 1 aliphatic rings. The van der Waals surface area contributed by atoms with Crippen molar-refractivity contribution in [3.8, 4) is 0 Å². The van der Waals surface area contributed by atoms with Crippen molar-refractivity contribution in [2.24, 2.45) is 0 Å². The van der Waals surface area contributed by atoms with Crippen molar-refractivity contribution in [1.29, 1.82) is 0 Å². The van der Waals surface area contributed by atoms with Gasteiger partial charge in [0.1, 0.15) is 24.2 Å². The fourth-order valence-corrected chi connectivity index (χ4v) is 5.62. The fourth-order valence-electron chi connectivity index (χ4n) is 2.59. The number of imidazole rings is 1. The summed E-state index contributed by atoms with van der Waals surface area (Å²) in [5, 5.41) is 10.1. The number of phosphoric ester groups is 1. The minimum absolute atomic E-state index is 0. The van der Waals surface area contributed by atoms with Crippen molar-refractivity contribution in [2.45, 2.75) is 24.9 Å². The molecule has 169 valence electrons. The number of aliphatic hydroxyl groups is 1. The Morgan fingerprint density at radius 3 is 2.45 bits per heavy atom. The number of anilines is 1. The number of aliphatic hydroxyl groups excluding tert-OH is 1. The van der Waals surface area contributed by atoms with E-state index in [-0.39, 0.29) is 41.8 Å². The Morgan fingerprint density at radius 1 is 1.13 bits per heavy atom. The van der Waals surface area contributed by atoms with Crippen LogP contribution in [0.25, 0.3) is 11.2 Å². The van der Waals surface area contributed by atoms with E-state index < -0.39 is 48.5 Å². The summed E-state index contributed by atoms with van der Waals surface area (Å²) >= 11 is 0. The van der Waals surface area contributed by atoms with Crippen LogP contribution in [0.5, 0.6) is 0 Å². The standard InChI is InChI=1S/C10H16N5O12P3.Na/c11-9-8-10(13-3-12-9)15(4-14-8)7-1-5(16)6(25-7)2-24-29(20,21)27-30(22,23)26-28(17,18)19;/h3-7,16H,1-2H2,(H,20,21)(H,22,23)(H2,11,12,13)(H2,17,18,19);/t5-,6+,7+;/m0./s1. The second-order valence-electron chi connectivity index (χ2n) is 5.90. The molecule has 0 aromatic carbocycles. The van der Waals surface area contributed by atoms with Crippen LogP contribution < -0.4 is 5.73 Å². The van der Waals surface area contributed by atoms with E-state index in [0.29, 0.717) is 11.2 Å². The summed E-state index contributed by atoms with van der Waals surface area (Å²) in [7, 11) is -16.5. The van der Waals surface area contributed by atoms with Crippen molar-refractivity contribution in [3.05, 3.63) is 12.7 Å². The molecule has 1 aliphatic heterocycles. The predicted octanol–water partition coefficient (Wildman–Crippen LogP) is -0.981. The largest absolute Gasteiger partial charge is 0.490 e. The van der Waals surface area contributed by atoms with Crippen LogP contribution in [0, 0.1) is 0 Å². The van der Waals surface area contributed by atoms with Crippen LogP contribution in [0.2, 0.25) is 0 Å². The van der Waals surface area contributed by atoms with Crippen LogP contribution >= 0.6 is 23.5 Å². The first kappa shape index (κ1) is 26.9. The molecule has 2 aromatic heterocycles. The number of aromatic nitrogens is 4. The molecule has 0 spiro atoms. The molecule has 0 amide bonds. The van der Waals surface area contributed by atoms with Crippen LogP contribution in [-0.4, -0.2) is 92.6 Å². The number of nitrogen functional groups attached to an aromatic ring is 1. The fraction of sp³-hybridized carbons (Fsp3) is 0.500. The van der Waals surface area contributed by atoms with Gasteiger partial charge in [-0.05, 0) is 0 Å². The smallest absolute Gasteiger partial charge is 0.390 e. The normalized spacial score (nSPS) is 25.6. The molecule has 5 atom stereocenters. The average Bonchev–Trinajstić information content (AvgIpc) is 3.14. The maximum absolute atomic E-state index is 11.8. The molecule has 0 saturated carbocycles. The van der Waals surface area contributed by atoms with E-state index in [4.69, 9.17) is 25.2 Å². The van der Waals surface area contributed by atoms with Crippen molar-refractivity contribution in [2.75, 3.05) is 12.3 Å². The minimum atomic E-state index is -5.64. The third-order valence-corrected chi connectivity index (χ3v) is 7.52. The summed E-state index contributed by atoms with van der Waals surface area (Å²) in [5.41, 5.74) is 6.31. The molecule has 7 N–H and O–H groups in total. The zero-order valence-electron chi connectivity index (χ0n) is 15.6. The summed E-state index contributed by atoms with van der Waals surface area (Å²) in [6, 6.07) is 0. The zero-order valence-corrected chi connectivity index (χ0v) is 20.3. The predicted molar refractivity (Wildman–Crippen MR) is 99.8 cm³/mol. The summed E-state index contributed by atoms with van der Waals surface area (Å²) in [6.45, 7) is -0.787. The van der Waals surface area contributed by atoms with E-state index >= 15 is 0 Å². The van der Waals surface area contributed by atoms with Crippen LogP contribution in [-0.2, 0) is 31.6 Å². The number of hydrogen-bond acceptors (Lipinski definition) is 12. The van der Waals surface area contributed by atoms with E-state index in [1.54, 1.807) is 0 Å². The summed E-state index contributed by atoms with van der Waals surface area (Å²) < 4.78 is 52.3. The first-order chi connectivity index (χ1) is 13.8. The van der Waals surface area contributed by atoms with Crippen molar-refractivity contribution >= 4 is 70.0 Å². The van der Waals surface area contributed by atoms with Crippen LogP contribution in [0.15, 0.2) is 12.7 Å². The maximum atomic E-state index is 11.8. The minimum Gasteiger partial charge on any atom is -0.390 e. The molecule has 3 heterocycles. The Morgan fingerprint density at radius 2 is 1.81 bits per heavy atom. The number of fused-ring (bicyclic) bond motifs is 1. The molecule has 2 aromatic rings. The third kappa shape index (κ3) is 7.08. The molecule has 31 heavy (non-hydrogen) atoms. The first-order valence-corrected chi connectivity index (χ1v) is 12.3. The molecular formula is C10H16N5NaO12P3. The second kappa shape index (κ2) is 9.89. The van der Waals surface area contributed by atoms with Gasteiger partial charge < -0.3 is 35.2 Å². The van der Waals surface area contributed by atoms with Crippen LogP contribution in [0.1, 0.15) is 12.6 Å². The molecule has 1 fully saturated rings. The SMILES string of the molecule is Nc1ncnc2c1ncn2[C@H]1C[C@H](O)[C@@H](COP(=O)(O)OP(=O)(O)OP(=O)(O)O)O1.[Na]. The number of ether oxygens (including phenoxy) is 1. The van der Waals surface area contributed by atoms with Gasteiger partial charge in [-0.1, -0.05) is 0 Å². The van der Waals surface area contributed by atoms with E-state index in [1.807, 2.05) is 0 Å².